The van der Waals surface area contributed by atoms with E-state index in [4.69, 9.17) is 4.42 Å². The van der Waals surface area contributed by atoms with Crippen molar-refractivity contribution in [2.75, 3.05) is 7.05 Å². The van der Waals surface area contributed by atoms with E-state index in [-0.39, 0.29) is 11.9 Å². The number of hydrogen-bond donors (Lipinski definition) is 0. The van der Waals surface area contributed by atoms with Crippen molar-refractivity contribution < 1.29 is 9.21 Å². The highest BCUT2D eigenvalue weighted by atomic mass is 16.3. The van der Waals surface area contributed by atoms with Gasteiger partial charge in [-0.25, -0.2) is 0 Å². The first-order chi connectivity index (χ1) is 7.59. The Morgan fingerprint density at radius 1 is 1.38 bits per heavy atom. The Balaban J connectivity index is 2.36. The maximum atomic E-state index is 11.3. The van der Waals surface area contributed by atoms with Crippen LogP contribution in [0.4, 0.5) is 0 Å². The second kappa shape index (κ2) is 4.00. The molecule has 1 aromatic heterocycles. The minimum Gasteiger partial charge on any atom is -0.459 e. The Kier molecular flexibility index (Phi) is 2.69. The third kappa shape index (κ3) is 1.81. The number of amides is 1. The topological polar surface area (TPSA) is 33.5 Å². The van der Waals surface area contributed by atoms with Crippen LogP contribution in [-0.2, 0) is 4.79 Å². The lowest BCUT2D eigenvalue weighted by molar-refractivity contribution is -0.129. The van der Waals surface area contributed by atoms with Gasteiger partial charge >= 0.3 is 0 Å². The number of carbonyl (C=O) groups excluding carboxylic acids is 1. The standard InChI is InChI=1S/C13H15NO2/c1-9(14(3)10(2)15)13-8-11-6-4-5-7-12(11)16-13/h4-9H,1-3H3. The summed E-state index contributed by atoms with van der Waals surface area (Å²) >= 11 is 0. The number of nitrogens with zero attached hydrogens (tertiary/aromatic N) is 1. The predicted octanol–water partition coefficient (Wildman–Crippen LogP) is 2.97. The van der Waals surface area contributed by atoms with Crippen molar-refractivity contribution in [3.05, 3.63) is 36.1 Å². The van der Waals surface area contributed by atoms with Crippen molar-refractivity contribution in [3.8, 4) is 0 Å². The number of rotatable bonds is 2. The second-order valence-electron chi connectivity index (χ2n) is 3.99. The van der Waals surface area contributed by atoms with E-state index < -0.39 is 0 Å². The average Bonchev–Trinajstić information content (AvgIpc) is 2.70. The molecule has 84 valence electrons. The molecular weight excluding hydrogens is 202 g/mol. The Hall–Kier alpha value is -1.77. The summed E-state index contributed by atoms with van der Waals surface area (Å²) in [5.74, 6) is 0.854. The first-order valence-electron chi connectivity index (χ1n) is 5.31. The van der Waals surface area contributed by atoms with Crippen LogP contribution < -0.4 is 0 Å². The van der Waals surface area contributed by atoms with Crippen molar-refractivity contribution in [2.24, 2.45) is 0 Å². The Labute approximate surface area is 94.7 Å². The number of carbonyl (C=O) groups is 1. The predicted molar refractivity (Wildman–Crippen MR) is 63.1 cm³/mol. The lowest BCUT2D eigenvalue weighted by Gasteiger charge is -2.21. The molecule has 1 aromatic carbocycles. The van der Waals surface area contributed by atoms with Crippen molar-refractivity contribution >= 4 is 16.9 Å². The molecule has 2 rings (SSSR count). The largest absolute Gasteiger partial charge is 0.459 e. The molecule has 1 amide bonds. The SMILES string of the molecule is CC(=O)N(C)C(C)c1cc2ccccc2o1. The number of fused-ring (bicyclic) bond motifs is 1. The van der Waals surface area contributed by atoms with Crippen LogP contribution in [0.3, 0.4) is 0 Å². The molecule has 0 aliphatic carbocycles. The van der Waals surface area contributed by atoms with Gasteiger partial charge < -0.3 is 9.32 Å². The molecule has 0 saturated heterocycles. The minimum absolute atomic E-state index is 0.0351. The fraction of sp³-hybridized carbons (Fsp3) is 0.308. The van der Waals surface area contributed by atoms with Crippen LogP contribution in [0, 0.1) is 0 Å². The highest BCUT2D eigenvalue weighted by Crippen LogP contribution is 2.26. The van der Waals surface area contributed by atoms with Gasteiger partial charge in [-0.15, -0.1) is 0 Å². The highest BCUT2D eigenvalue weighted by molar-refractivity contribution is 5.78. The fourth-order valence-corrected chi connectivity index (χ4v) is 1.67. The van der Waals surface area contributed by atoms with E-state index in [0.29, 0.717) is 0 Å². The summed E-state index contributed by atoms with van der Waals surface area (Å²) < 4.78 is 5.71. The molecule has 0 aliphatic rings. The first kappa shape index (κ1) is 10.7. The van der Waals surface area contributed by atoms with Crippen LogP contribution in [-0.4, -0.2) is 17.9 Å². The van der Waals surface area contributed by atoms with Crippen LogP contribution >= 0.6 is 0 Å². The van der Waals surface area contributed by atoms with Crippen LogP contribution in [0.25, 0.3) is 11.0 Å². The van der Waals surface area contributed by atoms with E-state index in [9.17, 15) is 4.79 Å². The molecule has 2 aromatic rings. The minimum atomic E-state index is -0.0371. The first-order valence-corrected chi connectivity index (χ1v) is 5.31. The zero-order valence-corrected chi connectivity index (χ0v) is 9.73. The number of furan rings is 1. The third-order valence-electron chi connectivity index (χ3n) is 2.93. The van der Waals surface area contributed by atoms with Gasteiger partial charge in [0.2, 0.25) is 5.91 Å². The molecule has 0 bridgehead atoms. The molecule has 0 aliphatic heterocycles. The molecule has 0 spiro atoms. The Morgan fingerprint density at radius 2 is 2.06 bits per heavy atom. The average molecular weight is 217 g/mol. The van der Waals surface area contributed by atoms with Gasteiger partial charge in [0.15, 0.2) is 0 Å². The van der Waals surface area contributed by atoms with Crippen LogP contribution in [0.1, 0.15) is 25.6 Å². The summed E-state index contributed by atoms with van der Waals surface area (Å²) in [5, 5.41) is 1.07. The highest BCUT2D eigenvalue weighted by Gasteiger charge is 2.17. The molecule has 1 heterocycles. The quantitative estimate of drug-likeness (QED) is 0.774. The van der Waals surface area contributed by atoms with Gasteiger partial charge in [0.1, 0.15) is 11.3 Å². The molecule has 1 atom stereocenters. The zero-order chi connectivity index (χ0) is 11.7. The third-order valence-corrected chi connectivity index (χ3v) is 2.93. The second-order valence-corrected chi connectivity index (χ2v) is 3.99. The van der Waals surface area contributed by atoms with Crippen molar-refractivity contribution in [1.82, 2.24) is 4.90 Å². The van der Waals surface area contributed by atoms with Gasteiger partial charge in [0.25, 0.3) is 0 Å². The molecule has 0 radical (unpaired) electrons. The number of para-hydroxylation sites is 1. The van der Waals surface area contributed by atoms with Crippen LogP contribution in [0.15, 0.2) is 34.7 Å². The van der Waals surface area contributed by atoms with E-state index in [0.717, 1.165) is 16.7 Å². The van der Waals surface area contributed by atoms with Gasteiger partial charge in [-0.2, -0.15) is 0 Å². The van der Waals surface area contributed by atoms with E-state index in [1.807, 2.05) is 37.3 Å². The van der Waals surface area contributed by atoms with Crippen molar-refractivity contribution in [2.45, 2.75) is 19.9 Å². The molecule has 0 saturated carbocycles. The summed E-state index contributed by atoms with van der Waals surface area (Å²) in [7, 11) is 1.78. The summed E-state index contributed by atoms with van der Waals surface area (Å²) in [6.07, 6.45) is 0. The summed E-state index contributed by atoms with van der Waals surface area (Å²) in [6, 6.07) is 9.79. The van der Waals surface area contributed by atoms with Crippen molar-refractivity contribution in [3.63, 3.8) is 0 Å². The lowest BCUT2D eigenvalue weighted by Crippen LogP contribution is -2.26. The van der Waals surface area contributed by atoms with E-state index in [2.05, 4.69) is 0 Å². The smallest absolute Gasteiger partial charge is 0.219 e. The molecular formula is C13H15NO2. The van der Waals surface area contributed by atoms with Gasteiger partial charge in [-0.3, -0.25) is 4.79 Å². The molecule has 3 nitrogen and oxygen atoms in total. The summed E-state index contributed by atoms with van der Waals surface area (Å²) in [6.45, 7) is 3.51. The Morgan fingerprint density at radius 3 is 2.69 bits per heavy atom. The van der Waals surface area contributed by atoms with Gasteiger partial charge in [0.05, 0.1) is 6.04 Å². The summed E-state index contributed by atoms with van der Waals surface area (Å²) in [4.78, 5) is 12.9. The number of benzene rings is 1. The van der Waals surface area contributed by atoms with Gasteiger partial charge in [-0.05, 0) is 19.1 Å². The molecule has 0 N–H and O–H groups in total. The normalized spacial score (nSPS) is 12.7. The molecule has 16 heavy (non-hydrogen) atoms. The molecule has 1 unspecified atom stereocenters. The zero-order valence-electron chi connectivity index (χ0n) is 9.73. The molecule has 0 fully saturated rings. The summed E-state index contributed by atoms with van der Waals surface area (Å²) in [5.41, 5.74) is 0.862. The van der Waals surface area contributed by atoms with E-state index >= 15 is 0 Å². The number of hydrogen-bond acceptors (Lipinski definition) is 2. The monoisotopic (exact) mass is 217 g/mol. The van der Waals surface area contributed by atoms with Crippen LogP contribution in [0.5, 0.6) is 0 Å². The van der Waals surface area contributed by atoms with Gasteiger partial charge in [0, 0.05) is 19.4 Å². The Bertz CT molecular complexity index is 482. The van der Waals surface area contributed by atoms with Gasteiger partial charge in [-0.1, -0.05) is 18.2 Å². The fourth-order valence-electron chi connectivity index (χ4n) is 1.67. The van der Waals surface area contributed by atoms with E-state index in [1.165, 1.54) is 0 Å². The van der Waals surface area contributed by atoms with E-state index in [1.54, 1.807) is 18.9 Å². The lowest BCUT2D eigenvalue weighted by atomic mass is 10.2. The maximum absolute atomic E-state index is 11.3. The molecule has 3 heteroatoms. The van der Waals surface area contributed by atoms with Crippen molar-refractivity contribution in [1.29, 1.82) is 0 Å². The van der Waals surface area contributed by atoms with Crippen LogP contribution in [0.2, 0.25) is 0 Å². The maximum Gasteiger partial charge on any atom is 0.219 e.